The number of aryl methyl sites for hydroxylation is 1. The molecule has 0 aliphatic heterocycles. The molecule has 0 radical (unpaired) electrons. The molecule has 0 atom stereocenters. The Morgan fingerprint density at radius 1 is 1.50 bits per heavy atom. The van der Waals surface area contributed by atoms with Crippen LogP contribution in [0.15, 0.2) is 29.2 Å². The van der Waals surface area contributed by atoms with Crippen molar-refractivity contribution >= 4 is 23.7 Å². The van der Waals surface area contributed by atoms with Gasteiger partial charge < -0.3 is 9.30 Å². The van der Waals surface area contributed by atoms with E-state index in [1.165, 1.54) is 4.90 Å². The first kappa shape index (κ1) is 13.7. The van der Waals surface area contributed by atoms with Crippen LogP contribution in [0.5, 0.6) is 0 Å². The third-order valence-corrected chi connectivity index (χ3v) is 2.94. The third-order valence-electron chi connectivity index (χ3n) is 2.94. The van der Waals surface area contributed by atoms with E-state index in [1.807, 2.05) is 11.4 Å². The lowest BCUT2D eigenvalue weighted by Gasteiger charge is -2.20. The average Bonchev–Trinajstić information content (AvgIpc) is 2.38. The van der Waals surface area contributed by atoms with E-state index in [0.717, 1.165) is 0 Å². The van der Waals surface area contributed by atoms with Crippen molar-refractivity contribution in [1.82, 2.24) is 14.7 Å². The molecule has 0 saturated carbocycles. The van der Waals surface area contributed by atoms with Crippen molar-refractivity contribution in [2.45, 2.75) is 6.92 Å². The standard InChI is InChI=1S/C13H14N4O3/c1-9-12(16(2)7-11(19)14-8-18)13(20)15-10-5-3-4-6-17(9)10/h3-6,8H,7H2,1-2H3,(H,14,18,19). The topological polar surface area (TPSA) is 83.8 Å². The van der Waals surface area contributed by atoms with Crippen molar-refractivity contribution < 1.29 is 9.59 Å². The molecular weight excluding hydrogens is 260 g/mol. The van der Waals surface area contributed by atoms with E-state index in [-0.39, 0.29) is 6.54 Å². The maximum Gasteiger partial charge on any atom is 0.297 e. The van der Waals surface area contributed by atoms with Crippen LogP contribution in [0.2, 0.25) is 0 Å². The van der Waals surface area contributed by atoms with Gasteiger partial charge in [0.2, 0.25) is 12.3 Å². The fourth-order valence-electron chi connectivity index (χ4n) is 2.08. The number of likely N-dealkylation sites (N-methyl/N-ethyl adjacent to an activating group) is 1. The molecule has 0 bridgehead atoms. The van der Waals surface area contributed by atoms with Gasteiger partial charge in [0.15, 0.2) is 0 Å². The highest BCUT2D eigenvalue weighted by molar-refractivity contribution is 5.89. The van der Waals surface area contributed by atoms with Gasteiger partial charge in [0.1, 0.15) is 11.3 Å². The number of pyridine rings is 1. The number of fused-ring (bicyclic) bond motifs is 1. The molecule has 0 spiro atoms. The van der Waals surface area contributed by atoms with E-state index in [9.17, 15) is 14.4 Å². The van der Waals surface area contributed by atoms with Crippen molar-refractivity contribution in [3.05, 3.63) is 40.4 Å². The van der Waals surface area contributed by atoms with Crippen LogP contribution in [-0.2, 0) is 9.59 Å². The number of amides is 2. The number of hydrogen-bond acceptors (Lipinski definition) is 5. The molecule has 1 N–H and O–H groups in total. The fourth-order valence-corrected chi connectivity index (χ4v) is 2.08. The van der Waals surface area contributed by atoms with Crippen LogP contribution in [0, 0.1) is 6.92 Å². The average molecular weight is 274 g/mol. The summed E-state index contributed by atoms with van der Waals surface area (Å²) in [7, 11) is 1.60. The second-order valence-corrected chi connectivity index (χ2v) is 4.32. The molecule has 2 amide bonds. The van der Waals surface area contributed by atoms with E-state index in [4.69, 9.17) is 0 Å². The molecule has 2 aromatic rings. The van der Waals surface area contributed by atoms with Crippen LogP contribution in [0.25, 0.3) is 5.65 Å². The predicted octanol–water partition coefficient (Wildman–Crippen LogP) is -0.288. The zero-order valence-corrected chi connectivity index (χ0v) is 11.2. The Labute approximate surface area is 114 Å². The minimum Gasteiger partial charge on any atom is -0.359 e. The molecule has 2 heterocycles. The number of nitrogens with one attached hydrogen (secondary N) is 1. The van der Waals surface area contributed by atoms with Crippen LogP contribution < -0.4 is 15.8 Å². The molecule has 0 saturated heterocycles. The molecule has 104 valence electrons. The number of rotatable bonds is 4. The van der Waals surface area contributed by atoms with Crippen molar-refractivity contribution in [3.8, 4) is 0 Å². The van der Waals surface area contributed by atoms with Crippen LogP contribution in [0.4, 0.5) is 5.69 Å². The van der Waals surface area contributed by atoms with Crippen molar-refractivity contribution in [2.24, 2.45) is 0 Å². The van der Waals surface area contributed by atoms with Gasteiger partial charge in [0.25, 0.3) is 5.56 Å². The van der Waals surface area contributed by atoms with Crippen molar-refractivity contribution in [3.63, 3.8) is 0 Å². The summed E-state index contributed by atoms with van der Waals surface area (Å²) < 4.78 is 1.77. The summed E-state index contributed by atoms with van der Waals surface area (Å²) in [4.78, 5) is 39.1. The first-order valence-corrected chi connectivity index (χ1v) is 5.96. The Balaban J connectivity index is 2.46. The third kappa shape index (κ3) is 2.51. The van der Waals surface area contributed by atoms with Crippen molar-refractivity contribution in [2.75, 3.05) is 18.5 Å². The summed E-state index contributed by atoms with van der Waals surface area (Å²) in [6.45, 7) is 1.68. The van der Waals surface area contributed by atoms with Crippen LogP contribution in [0.3, 0.4) is 0 Å². The molecule has 20 heavy (non-hydrogen) atoms. The van der Waals surface area contributed by atoms with Crippen LogP contribution in [0.1, 0.15) is 5.69 Å². The highest BCUT2D eigenvalue weighted by Crippen LogP contribution is 2.14. The largest absolute Gasteiger partial charge is 0.359 e. The van der Waals surface area contributed by atoms with Crippen LogP contribution in [-0.4, -0.2) is 35.3 Å². The van der Waals surface area contributed by atoms with Crippen LogP contribution >= 0.6 is 0 Å². The van der Waals surface area contributed by atoms with Gasteiger partial charge in [-0.15, -0.1) is 0 Å². The molecule has 7 heteroatoms. The summed E-state index contributed by atoms with van der Waals surface area (Å²) in [5.41, 5.74) is 1.15. The smallest absolute Gasteiger partial charge is 0.297 e. The van der Waals surface area contributed by atoms with E-state index < -0.39 is 11.5 Å². The number of hydrogen-bond donors (Lipinski definition) is 1. The van der Waals surface area contributed by atoms with E-state index in [2.05, 4.69) is 4.98 Å². The van der Waals surface area contributed by atoms with Gasteiger partial charge in [0, 0.05) is 13.2 Å². The number of imide groups is 1. The summed E-state index contributed by atoms with van der Waals surface area (Å²) in [6, 6.07) is 5.36. The van der Waals surface area contributed by atoms with Gasteiger partial charge in [-0.25, -0.2) is 0 Å². The summed E-state index contributed by atoms with van der Waals surface area (Å²) >= 11 is 0. The molecule has 0 aliphatic carbocycles. The monoisotopic (exact) mass is 274 g/mol. The zero-order valence-electron chi connectivity index (χ0n) is 11.2. The fraction of sp³-hybridized carbons (Fsp3) is 0.231. The molecule has 0 aromatic carbocycles. The zero-order chi connectivity index (χ0) is 14.7. The lowest BCUT2D eigenvalue weighted by atomic mass is 10.3. The quantitative estimate of drug-likeness (QED) is 0.775. The lowest BCUT2D eigenvalue weighted by molar-refractivity contribution is -0.124. The van der Waals surface area contributed by atoms with Gasteiger partial charge >= 0.3 is 0 Å². The minimum atomic E-state index is -0.487. The minimum absolute atomic E-state index is 0.102. The van der Waals surface area contributed by atoms with E-state index >= 15 is 0 Å². The molecular formula is C13H14N4O3. The SMILES string of the molecule is Cc1c(N(C)CC(=O)NC=O)c(=O)nc2ccccn12. The number of carbonyl (C=O) groups is 2. The highest BCUT2D eigenvalue weighted by Gasteiger charge is 2.15. The maximum absolute atomic E-state index is 12.1. The van der Waals surface area contributed by atoms with Gasteiger partial charge in [-0.1, -0.05) is 6.07 Å². The summed E-state index contributed by atoms with van der Waals surface area (Å²) in [5.74, 6) is -0.487. The van der Waals surface area contributed by atoms with Gasteiger partial charge in [0.05, 0.1) is 12.2 Å². The van der Waals surface area contributed by atoms with Gasteiger partial charge in [-0.05, 0) is 19.1 Å². The van der Waals surface area contributed by atoms with Crippen molar-refractivity contribution in [1.29, 1.82) is 0 Å². The van der Waals surface area contributed by atoms with Gasteiger partial charge in [-0.3, -0.25) is 19.7 Å². The molecule has 7 nitrogen and oxygen atoms in total. The predicted molar refractivity (Wildman–Crippen MR) is 73.7 cm³/mol. The Hall–Kier alpha value is -2.70. The lowest BCUT2D eigenvalue weighted by Crippen LogP contribution is -2.37. The van der Waals surface area contributed by atoms with E-state index in [0.29, 0.717) is 23.4 Å². The number of aromatic nitrogens is 2. The Bertz CT molecular complexity index is 723. The first-order chi connectivity index (χ1) is 9.54. The number of nitrogens with zero attached hydrogens (tertiary/aromatic N) is 3. The Morgan fingerprint density at radius 2 is 2.25 bits per heavy atom. The molecule has 0 fully saturated rings. The number of carbonyl (C=O) groups excluding carboxylic acids is 2. The second-order valence-electron chi connectivity index (χ2n) is 4.32. The van der Waals surface area contributed by atoms with E-state index in [1.54, 1.807) is 36.7 Å². The molecule has 2 aromatic heterocycles. The maximum atomic E-state index is 12.1. The molecule has 2 rings (SSSR count). The molecule has 0 aliphatic rings. The summed E-state index contributed by atoms with van der Waals surface area (Å²) in [5, 5.41) is 2.03. The normalized spacial score (nSPS) is 10.3. The van der Waals surface area contributed by atoms with Gasteiger partial charge in [-0.2, -0.15) is 4.98 Å². The summed E-state index contributed by atoms with van der Waals surface area (Å²) in [6.07, 6.45) is 2.11. The first-order valence-electron chi connectivity index (χ1n) is 5.96. The number of anilines is 1. The Kier molecular flexibility index (Phi) is 3.79. The highest BCUT2D eigenvalue weighted by atomic mass is 16.2. The molecule has 0 unspecified atom stereocenters. The Morgan fingerprint density at radius 3 is 2.95 bits per heavy atom. The second kappa shape index (κ2) is 5.52.